The van der Waals surface area contributed by atoms with Crippen LogP contribution < -0.4 is 0 Å². The average Bonchev–Trinajstić information content (AvgIpc) is 3.38. The number of esters is 3. The minimum absolute atomic E-state index is 0.00253. The minimum Gasteiger partial charge on any atom is -0.508 e. The van der Waals surface area contributed by atoms with Crippen LogP contribution in [0, 0.1) is 17.3 Å². The molecule has 4 aliphatic rings. The topological polar surface area (TPSA) is 199 Å². The molecule has 13 nitrogen and oxygen atoms in total. The molecule has 3 fully saturated rings. The Balaban J connectivity index is 1.15. The van der Waals surface area contributed by atoms with E-state index in [1.807, 2.05) is 13.0 Å². The molecule has 2 aromatic rings. The molecule has 268 valence electrons. The lowest BCUT2D eigenvalue weighted by Crippen LogP contribution is -2.62. The van der Waals surface area contributed by atoms with Gasteiger partial charge in [0.15, 0.2) is 6.29 Å². The van der Waals surface area contributed by atoms with Gasteiger partial charge in [-0.3, -0.25) is 9.59 Å². The van der Waals surface area contributed by atoms with Crippen molar-refractivity contribution in [2.45, 2.75) is 81.9 Å². The molecule has 0 amide bonds. The first-order valence-corrected chi connectivity index (χ1v) is 16.6. The SMILES string of the molecule is C=C1C(=O)O[C@@H]2[C@H]3C(COC(=O)Cc4ccc(O)cc4)=CC[C@@H](O[C@@H]4O[C@H](COC(=O)Cc5ccc(O)cc5)[C@@H](O)[C@H](O)[C@H]4O)[C@]3(C)CC[C@@H]12. The number of carbonyl (C=O) groups is 3. The molecule has 0 unspecified atom stereocenters. The van der Waals surface area contributed by atoms with Gasteiger partial charge >= 0.3 is 17.9 Å². The van der Waals surface area contributed by atoms with Crippen LogP contribution in [0.1, 0.15) is 37.3 Å². The fourth-order valence-corrected chi connectivity index (χ4v) is 7.61. The van der Waals surface area contributed by atoms with Gasteiger partial charge in [-0.15, -0.1) is 0 Å². The summed E-state index contributed by atoms with van der Waals surface area (Å²) >= 11 is 0. The number of benzene rings is 2. The molecule has 0 aromatic heterocycles. The molecule has 2 aliphatic carbocycles. The molecular weight excluding hydrogens is 652 g/mol. The summed E-state index contributed by atoms with van der Waals surface area (Å²) in [5.74, 6) is -2.14. The maximum Gasteiger partial charge on any atom is 0.334 e. The van der Waals surface area contributed by atoms with Crippen molar-refractivity contribution >= 4 is 17.9 Å². The van der Waals surface area contributed by atoms with Gasteiger partial charge in [-0.25, -0.2) is 4.79 Å². The van der Waals surface area contributed by atoms with Crippen molar-refractivity contribution in [1.29, 1.82) is 0 Å². The molecule has 6 rings (SSSR count). The van der Waals surface area contributed by atoms with Gasteiger partial charge in [0.1, 0.15) is 55.2 Å². The lowest BCUT2D eigenvalue weighted by atomic mass is 9.55. The quantitative estimate of drug-likeness (QED) is 0.105. The van der Waals surface area contributed by atoms with E-state index < -0.39 is 78.8 Å². The van der Waals surface area contributed by atoms with Gasteiger partial charge in [-0.2, -0.15) is 0 Å². The van der Waals surface area contributed by atoms with Gasteiger partial charge in [-0.1, -0.05) is 43.8 Å². The third-order valence-electron chi connectivity index (χ3n) is 10.5. The van der Waals surface area contributed by atoms with E-state index in [1.165, 1.54) is 24.3 Å². The van der Waals surface area contributed by atoms with Crippen molar-refractivity contribution in [1.82, 2.24) is 0 Å². The first-order valence-electron chi connectivity index (χ1n) is 16.6. The van der Waals surface area contributed by atoms with E-state index in [2.05, 4.69) is 6.58 Å². The number of hydrogen-bond donors (Lipinski definition) is 5. The highest BCUT2D eigenvalue weighted by Crippen LogP contribution is 2.57. The Kier molecular flexibility index (Phi) is 10.3. The molecule has 0 bridgehead atoms. The van der Waals surface area contributed by atoms with Crippen molar-refractivity contribution in [2.24, 2.45) is 17.3 Å². The Morgan fingerprint density at radius 1 is 0.900 bits per heavy atom. The molecular formula is C37H42O13. The molecule has 1 saturated carbocycles. The van der Waals surface area contributed by atoms with E-state index in [0.717, 1.165) is 5.57 Å². The largest absolute Gasteiger partial charge is 0.508 e. The highest BCUT2D eigenvalue weighted by atomic mass is 16.7. The summed E-state index contributed by atoms with van der Waals surface area (Å²) in [5.41, 5.74) is 1.69. The summed E-state index contributed by atoms with van der Waals surface area (Å²) in [7, 11) is 0. The third kappa shape index (κ3) is 7.28. The number of ether oxygens (including phenoxy) is 5. The van der Waals surface area contributed by atoms with Crippen molar-refractivity contribution < 1.29 is 63.6 Å². The lowest BCUT2D eigenvalue weighted by Gasteiger charge is -2.54. The number of hydrogen-bond acceptors (Lipinski definition) is 13. The van der Waals surface area contributed by atoms with Crippen molar-refractivity contribution in [2.75, 3.05) is 13.2 Å². The van der Waals surface area contributed by atoms with E-state index in [4.69, 9.17) is 23.7 Å². The molecule has 5 N–H and O–H groups in total. The number of phenolic OH excluding ortho intramolecular Hbond substituents is 2. The summed E-state index contributed by atoms with van der Waals surface area (Å²) in [6, 6.07) is 12.3. The number of fused-ring (bicyclic) bond motifs is 3. The molecule has 0 spiro atoms. The third-order valence-corrected chi connectivity index (χ3v) is 10.5. The molecule has 2 saturated heterocycles. The van der Waals surface area contributed by atoms with Gasteiger partial charge in [0.05, 0.1) is 18.9 Å². The fraction of sp³-hybridized carbons (Fsp3) is 0.486. The zero-order chi connectivity index (χ0) is 35.7. The van der Waals surface area contributed by atoms with Crippen LogP contribution >= 0.6 is 0 Å². The Morgan fingerprint density at radius 2 is 1.50 bits per heavy atom. The van der Waals surface area contributed by atoms with E-state index in [1.54, 1.807) is 24.3 Å². The Hall–Kier alpha value is -4.27. The van der Waals surface area contributed by atoms with Crippen LogP contribution in [-0.2, 0) is 50.9 Å². The fourth-order valence-electron chi connectivity index (χ4n) is 7.61. The van der Waals surface area contributed by atoms with Gasteiger partial charge < -0.3 is 49.2 Å². The Bertz CT molecular complexity index is 1620. The Morgan fingerprint density at radius 3 is 2.12 bits per heavy atom. The van der Waals surface area contributed by atoms with Crippen molar-refractivity contribution in [3.63, 3.8) is 0 Å². The lowest BCUT2D eigenvalue weighted by molar-refractivity contribution is -0.323. The minimum atomic E-state index is -1.67. The monoisotopic (exact) mass is 694 g/mol. The van der Waals surface area contributed by atoms with Crippen LogP contribution in [0.2, 0.25) is 0 Å². The predicted molar refractivity (Wildman–Crippen MR) is 173 cm³/mol. The second kappa shape index (κ2) is 14.5. The molecule has 50 heavy (non-hydrogen) atoms. The first-order chi connectivity index (χ1) is 23.8. The number of phenols is 2. The van der Waals surface area contributed by atoms with Gasteiger partial charge in [0.2, 0.25) is 0 Å². The zero-order valence-corrected chi connectivity index (χ0v) is 27.6. The molecule has 13 heteroatoms. The summed E-state index contributed by atoms with van der Waals surface area (Å²) in [6.45, 7) is 5.45. The van der Waals surface area contributed by atoms with Crippen LogP contribution in [0.25, 0.3) is 0 Å². The van der Waals surface area contributed by atoms with Crippen molar-refractivity contribution in [3.05, 3.63) is 83.5 Å². The maximum absolute atomic E-state index is 12.8. The van der Waals surface area contributed by atoms with E-state index in [0.29, 0.717) is 36.0 Å². The van der Waals surface area contributed by atoms with Gasteiger partial charge in [0.25, 0.3) is 0 Å². The van der Waals surface area contributed by atoms with Gasteiger partial charge in [-0.05, 0) is 60.2 Å². The molecule has 2 heterocycles. The standard InChI is InChI=1S/C37H42O13/c1-19-25-13-14-37(2)27(12-7-22(30(37)34(25)50-35(19)45)17-46-28(40)15-20-3-8-23(38)9-4-20)49-36-33(44)32(43)31(42)26(48-36)18-47-29(41)16-21-5-10-24(39)11-6-21/h3-11,25-27,30-34,36,38-39,42-44H,1,12-18H2,2H3/t25-,26+,27+,30+,31+,32-,33+,34-,36-,37-/m0/s1. The first kappa shape index (κ1) is 35.6. The summed E-state index contributed by atoms with van der Waals surface area (Å²) in [6.07, 6.45) is -5.53. The molecule has 0 radical (unpaired) electrons. The average molecular weight is 695 g/mol. The van der Waals surface area contributed by atoms with Gasteiger partial charge in [0, 0.05) is 22.8 Å². The summed E-state index contributed by atoms with van der Waals surface area (Å²) < 4.78 is 29.2. The number of carbonyl (C=O) groups excluding carboxylic acids is 3. The molecule has 2 aromatic carbocycles. The van der Waals surface area contributed by atoms with Crippen LogP contribution in [0.5, 0.6) is 11.5 Å². The number of rotatable bonds is 10. The zero-order valence-electron chi connectivity index (χ0n) is 27.6. The Labute approximate surface area is 288 Å². The van der Waals surface area contributed by atoms with Crippen LogP contribution in [0.4, 0.5) is 0 Å². The highest BCUT2D eigenvalue weighted by Gasteiger charge is 2.59. The van der Waals surface area contributed by atoms with E-state index >= 15 is 0 Å². The summed E-state index contributed by atoms with van der Waals surface area (Å²) in [4.78, 5) is 38.0. The van der Waals surface area contributed by atoms with E-state index in [-0.39, 0.29) is 36.9 Å². The second-order valence-electron chi connectivity index (χ2n) is 13.7. The van der Waals surface area contributed by atoms with Crippen molar-refractivity contribution in [3.8, 4) is 11.5 Å². The number of aromatic hydroxyl groups is 2. The summed E-state index contributed by atoms with van der Waals surface area (Å²) in [5, 5.41) is 51.3. The number of aliphatic hydroxyl groups excluding tert-OH is 3. The van der Waals surface area contributed by atoms with Crippen LogP contribution in [0.15, 0.2) is 72.3 Å². The van der Waals surface area contributed by atoms with Crippen LogP contribution in [0.3, 0.4) is 0 Å². The smallest absolute Gasteiger partial charge is 0.334 e. The maximum atomic E-state index is 12.8. The molecule has 10 atom stereocenters. The van der Waals surface area contributed by atoms with Crippen LogP contribution in [-0.4, -0.2) is 99.6 Å². The van der Waals surface area contributed by atoms with E-state index in [9.17, 15) is 39.9 Å². The molecule has 2 aliphatic heterocycles. The predicted octanol–water partition coefficient (Wildman–Crippen LogP) is 2.01. The highest BCUT2D eigenvalue weighted by molar-refractivity contribution is 5.91. The normalized spacial score (nSPS) is 33.4. The second-order valence-corrected chi connectivity index (χ2v) is 13.7. The number of aliphatic hydroxyl groups is 3.